The van der Waals surface area contributed by atoms with Crippen molar-refractivity contribution in [3.8, 4) is 11.1 Å². The fourth-order valence-electron chi connectivity index (χ4n) is 3.55. The van der Waals surface area contributed by atoms with Crippen molar-refractivity contribution in [2.75, 3.05) is 18.9 Å². The second-order valence-electron chi connectivity index (χ2n) is 6.59. The smallest absolute Gasteiger partial charge is 0.407 e. The van der Waals surface area contributed by atoms with Crippen molar-refractivity contribution in [2.45, 2.75) is 5.92 Å². The van der Waals surface area contributed by atoms with Crippen LogP contribution < -0.4 is 11.1 Å². The summed E-state index contributed by atoms with van der Waals surface area (Å²) in [5, 5.41) is 2.74. The fourth-order valence-corrected chi connectivity index (χ4v) is 3.55. The first-order valence-electron chi connectivity index (χ1n) is 9.20. The molecule has 0 saturated carbocycles. The molecule has 0 bridgehead atoms. The third-order valence-corrected chi connectivity index (χ3v) is 4.88. The Kier molecular flexibility index (Phi) is 5.06. The number of benzene rings is 2. The van der Waals surface area contributed by atoms with Crippen molar-refractivity contribution in [3.63, 3.8) is 0 Å². The van der Waals surface area contributed by atoms with Crippen LogP contribution in [-0.4, -0.2) is 24.2 Å². The van der Waals surface area contributed by atoms with Crippen LogP contribution in [0.5, 0.6) is 0 Å². The second-order valence-corrected chi connectivity index (χ2v) is 6.59. The Balaban J connectivity index is 1.35. The normalized spacial score (nSPS) is 12.6. The van der Waals surface area contributed by atoms with Crippen LogP contribution in [0.15, 0.2) is 72.9 Å². The van der Waals surface area contributed by atoms with Gasteiger partial charge >= 0.3 is 6.09 Å². The molecule has 4 rings (SSSR count). The van der Waals surface area contributed by atoms with Crippen LogP contribution in [0.2, 0.25) is 0 Å². The summed E-state index contributed by atoms with van der Waals surface area (Å²) in [7, 11) is 0. The number of aromatic nitrogens is 1. The SMILES string of the molecule is Nc1ncccc1C=CCNC(=O)OCC1c2ccccc2-c2ccccc21. The molecule has 2 aromatic carbocycles. The number of nitrogens with one attached hydrogen (secondary N) is 1. The predicted molar refractivity (Wildman–Crippen MR) is 111 cm³/mol. The van der Waals surface area contributed by atoms with Gasteiger partial charge in [-0.05, 0) is 34.4 Å². The van der Waals surface area contributed by atoms with Gasteiger partial charge < -0.3 is 15.8 Å². The molecular weight excluding hydrogens is 350 g/mol. The Morgan fingerprint density at radius 3 is 2.39 bits per heavy atom. The highest BCUT2D eigenvalue weighted by Crippen LogP contribution is 2.44. The molecule has 1 heterocycles. The molecule has 0 radical (unpaired) electrons. The van der Waals surface area contributed by atoms with Gasteiger partial charge in [-0.15, -0.1) is 0 Å². The van der Waals surface area contributed by atoms with E-state index in [1.54, 1.807) is 6.20 Å². The van der Waals surface area contributed by atoms with E-state index >= 15 is 0 Å². The molecule has 5 heteroatoms. The second kappa shape index (κ2) is 7.96. The molecule has 3 N–H and O–H groups in total. The zero-order valence-corrected chi connectivity index (χ0v) is 15.3. The van der Waals surface area contributed by atoms with E-state index in [9.17, 15) is 4.79 Å². The van der Waals surface area contributed by atoms with Crippen molar-refractivity contribution in [3.05, 3.63) is 89.6 Å². The first kappa shape index (κ1) is 17.8. The molecule has 3 aromatic rings. The molecule has 1 aromatic heterocycles. The summed E-state index contributed by atoms with van der Waals surface area (Å²) in [4.78, 5) is 16.1. The minimum absolute atomic E-state index is 0.0592. The Morgan fingerprint density at radius 1 is 1.04 bits per heavy atom. The summed E-state index contributed by atoms with van der Waals surface area (Å²) in [6, 6.07) is 20.2. The van der Waals surface area contributed by atoms with E-state index in [0.29, 0.717) is 19.0 Å². The van der Waals surface area contributed by atoms with Crippen LogP contribution in [0.25, 0.3) is 17.2 Å². The Morgan fingerprint density at radius 2 is 1.71 bits per heavy atom. The molecule has 1 aliphatic carbocycles. The number of hydrogen-bond acceptors (Lipinski definition) is 4. The van der Waals surface area contributed by atoms with E-state index in [-0.39, 0.29) is 5.92 Å². The zero-order chi connectivity index (χ0) is 19.3. The highest BCUT2D eigenvalue weighted by Gasteiger charge is 2.28. The largest absolute Gasteiger partial charge is 0.449 e. The number of fused-ring (bicyclic) bond motifs is 3. The summed E-state index contributed by atoms with van der Waals surface area (Å²) < 4.78 is 5.49. The van der Waals surface area contributed by atoms with Gasteiger partial charge in [-0.2, -0.15) is 0 Å². The summed E-state index contributed by atoms with van der Waals surface area (Å²) >= 11 is 0. The number of hydrogen-bond donors (Lipinski definition) is 2. The first-order chi connectivity index (χ1) is 13.7. The van der Waals surface area contributed by atoms with Crippen molar-refractivity contribution in [1.82, 2.24) is 10.3 Å². The monoisotopic (exact) mass is 371 g/mol. The Labute approximate surface area is 163 Å². The van der Waals surface area contributed by atoms with Crippen LogP contribution in [0.3, 0.4) is 0 Å². The maximum Gasteiger partial charge on any atom is 0.407 e. The molecule has 28 heavy (non-hydrogen) atoms. The average molecular weight is 371 g/mol. The topological polar surface area (TPSA) is 77.2 Å². The van der Waals surface area contributed by atoms with Crippen LogP contribution >= 0.6 is 0 Å². The molecule has 1 aliphatic rings. The number of rotatable bonds is 5. The number of ether oxygens (including phenoxy) is 1. The third-order valence-electron chi connectivity index (χ3n) is 4.88. The number of alkyl carbamates (subject to hydrolysis) is 1. The summed E-state index contributed by atoms with van der Waals surface area (Å²) in [5.74, 6) is 0.517. The quantitative estimate of drug-likeness (QED) is 0.704. The van der Waals surface area contributed by atoms with Crippen molar-refractivity contribution >= 4 is 18.0 Å². The number of carbonyl (C=O) groups is 1. The summed E-state index contributed by atoms with van der Waals surface area (Å²) in [6.07, 6.45) is 4.84. The van der Waals surface area contributed by atoms with Crippen LogP contribution in [0.4, 0.5) is 10.6 Å². The molecule has 0 aliphatic heterocycles. The minimum Gasteiger partial charge on any atom is -0.449 e. The number of nitrogens with two attached hydrogens (primary N) is 1. The molecule has 0 atom stereocenters. The van der Waals surface area contributed by atoms with E-state index in [1.165, 1.54) is 22.3 Å². The van der Waals surface area contributed by atoms with Gasteiger partial charge in [0.05, 0.1) is 0 Å². The van der Waals surface area contributed by atoms with E-state index in [1.807, 2.05) is 48.6 Å². The predicted octanol–water partition coefficient (Wildman–Crippen LogP) is 4.22. The third kappa shape index (κ3) is 3.60. The van der Waals surface area contributed by atoms with Gasteiger partial charge in [-0.25, -0.2) is 9.78 Å². The van der Waals surface area contributed by atoms with E-state index < -0.39 is 6.09 Å². The van der Waals surface area contributed by atoms with E-state index in [0.717, 1.165) is 5.56 Å². The zero-order valence-electron chi connectivity index (χ0n) is 15.3. The van der Waals surface area contributed by atoms with Gasteiger partial charge in [0.2, 0.25) is 0 Å². The first-order valence-corrected chi connectivity index (χ1v) is 9.20. The number of anilines is 1. The van der Waals surface area contributed by atoms with E-state index in [4.69, 9.17) is 10.5 Å². The lowest BCUT2D eigenvalue weighted by molar-refractivity contribution is 0.144. The molecule has 0 unspecified atom stereocenters. The van der Waals surface area contributed by atoms with Gasteiger partial charge in [0, 0.05) is 24.2 Å². The summed E-state index contributed by atoms with van der Waals surface area (Å²) in [6.45, 7) is 0.657. The number of carbonyl (C=O) groups excluding carboxylic acids is 1. The number of pyridine rings is 1. The van der Waals surface area contributed by atoms with Crippen LogP contribution in [-0.2, 0) is 4.74 Å². The van der Waals surface area contributed by atoms with Crippen LogP contribution in [0.1, 0.15) is 22.6 Å². The lowest BCUT2D eigenvalue weighted by Crippen LogP contribution is -2.26. The number of amides is 1. The van der Waals surface area contributed by atoms with E-state index in [2.05, 4.69) is 34.6 Å². The van der Waals surface area contributed by atoms with Gasteiger partial charge in [0.1, 0.15) is 12.4 Å². The maximum atomic E-state index is 12.1. The molecule has 0 fully saturated rings. The maximum absolute atomic E-state index is 12.1. The highest BCUT2D eigenvalue weighted by molar-refractivity contribution is 5.79. The molecule has 0 saturated heterocycles. The van der Waals surface area contributed by atoms with Gasteiger partial charge in [-0.3, -0.25) is 0 Å². The van der Waals surface area contributed by atoms with Gasteiger partial charge in [0.15, 0.2) is 0 Å². The molecule has 5 nitrogen and oxygen atoms in total. The number of nitrogens with zero attached hydrogens (tertiary/aromatic N) is 1. The number of nitrogen functional groups attached to an aromatic ring is 1. The standard InChI is InChI=1S/C23H21N3O2/c24-22-16(7-5-13-25-22)8-6-14-26-23(27)28-15-21-19-11-3-1-9-17(19)18-10-2-4-12-20(18)21/h1-13,21H,14-15H2,(H2,24,25)(H,26,27). The lowest BCUT2D eigenvalue weighted by Gasteiger charge is -2.14. The van der Waals surface area contributed by atoms with Gasteiger partial charge in [0.25, 0.3) is 0 Å². The Hall–Kier alpha value is -3.60. The van der Waals surface area contributed by atoms with Gasteiger partial charge in [-0.1, -0.05) is 60.7 Å². The fraction of sp³-hybridized carbons (Fsp3) is 0.130. The molecule has 0 spiro atoms. The highest BCUT2D eigenvalue weighted by atomic mass is 16.5. The molecular formula is C23H21N3O2. The van der Waals surface area contributed by atoms with Crippen molar-refractivity contribution in [1.29, 1.82) is 0 Å². The minimum atomic E-state index is -0.439. The molecule has 1 amide bonds. The molecule has 140 valence electrons. The lowest BCUT2D eigenvalue weighted by atomic mass is 9.98. The van der Waals surface area contributed by atoms with Crippen molar-refractivity contribution < 1.29 is 9.53 Å². The van der Waals surface area contributed by atoms with Crippen molar-refractivity contribution in [2.24, 2.45) is 0 Å². The summed E-state index contributed by atoms with van der Waals surface area (Å²) in [5.41, 5.74) is 11.4. The van der Waals surface area contributed by atoms with Crippen LogP contribution in [0, 0.1) is 0 Å². The average Bonchev–Trinajstić information content (AvgIpc) is 3.05. The Bertz CT molecular complexity index is 984.